The zero-order valence-corrected chi connectivity index (χ0v) is 18.3. The topological polar surface area (TPSA) is 106 Å². The molecule has 1 aromatic heterocycles. The van der Waals surface area contributed by atoms with Crippen LogP contribution in [0.25, 0.3) is 0 Å². The average Bonchev–Trinajstić information content (AvgIpc) is 2.81. The van der Waals surface area contributed by atoms with Gasteiger partial charge in [0, 0.05) is 49.1 Å². The van der Waals surface area contributed by atoms with Gasteiger partial charge >= 0.3 is 0 Å². The molecule has 0 saturated carbocycles. The first-order valence-electron chi connectivity index (χ1n) is 10.5. The number of nitrogens with zero attached hydrogens (tertiary/aromatic N) is 3. The number of benzene rings is 1. The molecule has 1 aliphatic rings. The van der Waals surface area contributed by atoms with Gasteiger partial charge in [-0.15, -0.1) is 0 Å². The van der Waals surface area contributed by atoms with Crippen molar-refractivity contribution in [3.8, 4) is 11.8 Å². The summed E-state index contributed by atoms with van der Waals surface area (Å²) in [5.41, 5.74) is 1.85. The first-order chi connectivity index (χ1) is 15.4. The molecule has 32 heavy (non-hydrogen) atoms. The van der Waals surface area contributed by atoms with Crippen molar-refractivity contribution >= 4 is 17.5 Å². The maximum absolute atomic E-state index is 12.3. The van der Waals surface area contributed by atoms with E-state index >= 15 is 0 Å². The molecule has 0 radical (unpaired) electrons. The summed E-state index contributed by atoms with van der Waals surface area (Å²) < 4.78 is 0. The zero-order chi connectivity index (χ0) is 23.1. The Hall–Kier alpha value is -3.25. The molecule has 2 aromatic rings. The summed E-state index contributed by atoms with van der Waals surface area (Å²) in [4.78, 5) is 33.1. The van der Waals surface area contributed by atoms with Gasteiger partial charge < -0.3 is 25.3 Å². The molecule has 1 aromatic carbocycles. The summed E-state index contributed by atoms with van der Waals surface area (Å²) in [5.74, 6) is 5.91. The third-order valence-electron chi connectivity index (χ3n) is 5.35. The number of aliphatic hydroxyl groups is 2. The number of pyridine rings is 1. The number of aliphatic hydroxyl groups excluding tert-OH is 2. The Bertz CT molecular complexity index is 985. The second-order valence-corrected chi connectivity index (χ2v) is 7.84. The molecule has 1 fully saturated rings. The SMILES string of the molecule is C[C@@H](O)[C@H](NC(=O)c1ccc(C#Cc2ccc(N3CCN(C)CC3)nc2)cc1)C(=O)CO. The highest BCUT2D eigenvalue weighted by Crippen LogP contribution is 2.13. The Kier molecular flexibility index (Phi) is 7.95. The summed E-state index contributed by atoms with van der Waals surface area (Å²) >= 11 is 0. The quantitative estimate of drug-likeness (QED) is 0.559. The minimum atomic E-state index is -1.16. The van der Waals surface area contributed by atoms with E-state index in [4.69, 9.17) is 5.11 Å². The number of likely N-dealkylation sites (N-methyl/N-ethyl adjacent to an activating group) is 1. The number of piperazine rings is 1. The Morgan fingerprint density at radius 2 is 1.69 bits per heavy atom. The first kappa shape index (κ1) is 23.4. The molecule has 1 aliphatic heterocycles. The molecule has 8 nitrogen and oxygen atoms in total. The Morgan fingerprint density at radius 1 is 1.06 bits per heavy atom. The van der Waals surface area contributed by atoms with Crippen molar-refractivity contribution in [1.29, 1.82) is 0 Å². The lowest BCUT2D eigenvalue weighted by Gasteiger charge is -2.33. The lowest BCUT2D eigenvalue weighted by Crippen LogP contribution is -2.48. The Labute approximate surface area is 187 Å². The van der Waals surface area contributed by atoms with Gasteiger partial charge in [-0.2, -0.15) is 0 Å². The predicted molar refractivity (Wildman–Crippen MR) is 121 cm³/mol. The Morgan fingerprint density at radius 3 is 2.25 bits per heavy atom. The van der Waals surface area contributed by atoms with E-state index in [0.29, 0.717) is 5.56 Å². The van der Waals surface area contributed by atoms with Crippen molar-refractivity contribution in [2.75, 3.05) is 44.7 Å². The highest BCUT2D eigenvalue weighted by molar-refractivity contribution is 5.98. The molecular weight excluding hydrogens is 408 g/mol. The minimum absolute atomic E-state index is 0.324. The molecular formula is C24H28N4O4. The van der Waals surface area contributed by atoms with Crippen LogP contribution in [0.4, 0.5) is 5.82 Å². The van der Waals surface area contributed by atoms with E-state index in [1.165, 1.54) is 6.92 Å². The average molecular weight is 437 g/mol. The van der Waals surface area contributed by atoms with E-state index in [2.05, 4.69) is 39.0 Å². The van der Waals surface area contributed by atoms with Crippen LogP contribution < -0.4 is 10.2 Å². The van der Waals surface area contributed by atoms with Gasteiger partial charge in [-0.3, -0.25) is 9.59 Å². The maximum atomic E-state index is 12.3. The molecule has 0 aliphatic carbocycles. The second-order valence-electron chi connectivity index (χ2n) is 7.84. The Balaban J connectivity index is 1.61. The van der Waals surface area contributed by atoms with Crippen LogP contribution in [0.3, 0.4) is 0 Å². The summed E-state index contributed by atoms with van der Waals surface area (Å²) in [6.07, 6.45) is 0.650. The maximum Gasteiger partial charge on any atom is 0.251 e. The van der Waals surface area contributed by atoms with Gasteiger partial charge in [-0.1, -0.05) is 11.8 Å². The van der Waals surface area contributed by atoms with Gasteiger partial charge in [-0.05, 0) is 50.4 Å². The van der Waals surface area contributed by atoms with Crippen LogP contribution in [0, 0.1) is 11.8 Å². The van der Waals surface area contributed by atoms with Crippen LogP contribution in [0.2, 0.25) is 0 Å². The van der Waals surface area contributed by atoms with Crippen LogP contribution in [-0.2, 0) is 4.79 Å². The van der Waals surface area contributed by atoms with Crippen molar-refractivity contribution in [2.45, 2.75) is 19.1 Å². The molecule has 1 amide bonds. The van der Waals surface area contributed by atoms with Crippen LogP contribution >= 0.6 is 0 Å². The lowest BCUT2D eigenvalue weighted by molar-refractivity contribution is -0.125. The highest BCUT2D eigenvalue weighted by Gasteiger charge is 2.25. The van der Waals surface area contributed by atoms with E-state index in [-0.39, 0.29) is 0 Å². The van der Waals surface area contributed by atoms with Crippen molar-refractivity contribution in [2.24, 2.45) is 0 Å². The number of nitrogens with one attached hydrogen (secondary N) is 1. The summed E-state index contributed by atoms with van der Waals surface area (Å²) in [7, 11) is 2.12. The third kappa shape index (κ3) is 6.14. The van der Waals surface area contributed by atoms with E-state index in [1.54, 1.807) is 30.5 Å². The van der Waals surface area contributed by atoms with Gasteiger partial charge in [0.2, 0.25) is 0 Å². The number of aromatic nitrogens is 1. The smallest absolute Gasteiger partial charge is 0.251 e. The van der Waals surface area contributed by atoms with E-state index in [1.807, 2.05) is 12.1 Å². The molecule has 2 atom stereocenters. The number of anilines is 1. The van der Waals surface area contributed by atoms with Crippen LogP contribution in [-0.4, -0.2) is 83.8 Å². The predicted octanol–water partition coefficient (Wildman–Crippen LogP) is 0.274. The van der Waals surface area contributed by atoms with Gasteiger partial charge in [0.15, 0.2) is 5.78 Å². The molecule has 0 bridgehead atoms. The monoisotopic (exact) mass is 436 g/mol. The number of amides is 1. The van der Waals surface area contributed by atoms with Crippen molar-refractivity contribution in [3.05, 3.63) is 59.3 Å². The van der Waals surface area contributed by atoms with Crippen molar-refractivity contribution in [1.82, 2.24) is 15.2 Å². The zero-order valence-electron chi connectivity index (χ0n) is 18.3. The van der Waals surface area contributed by atoms with Gasteiger partial charge in [0.05, 0.1) is 6.10 Å². The molecule has 0 unspecified atom stereocenters. The van der Waals surface area contributed by atoms with Gasteiger partial charge in [0.1, 0.15) is 18.5 Å². The first-order valence-corrected chi connectivity index (χ1v) is 10.5. The van der Waals surface area contributed by atoms with Gasteiger partial charge in [0.25, 0.3) is 5.91 Å². The number of rotatable bonds is 6. The molecule has 2 heterocycles. The van der Waals surface area contributed by atoms with E-state index < -0.39 is 30.4 Å². The molecule has 3 rings (SSSR count). The summed E-state index contributed by atoms with van der Waals surface area (Å²) in [6, 6.07) is 9.37. The fraction of sp³-hybridized carbons (Fsp3) is 0.375. The van der Waals surface area contributed by atoms with Crippen LogP contribution in [0.1, 0.15) is 28.4 Å². The fourth-order valence-corrected chi connectivity index (χ4v) is 3.32. The largest absolute Gasteiger partial charge is 0.391 e. The number of carbonyl (C=O) groups is 2. The fourth-order valence-electron chi connectivity index (χ4n) is 3.32. The molecule has 168 valence electrons. The summed E-state index contributed by atoms with van der Waals surface area (Å²) in [5, 5.41) is 21.1. The number of carbonyl (C=O) groups excluding carboxylic acids is 2. The normalized spacial score (nSPS) is 15.9. The molecule has 8 heteroatoms. The lowest BCUT2D eigenvalue weighted by atomic mass is 10.1. The highest BCUT2D eigenvalue weighted by atomic mass is 16.3. The van der Waals surface area contributed by atoms with Crippen LogP contribution in [0.15, 0.2) is 42.6 Å². The number of hydrogen-bond acceptors (Lipinski definition) is 7. The van der Waals surface area contributed by atoms with E-state index in [9.17, 15) is 14.7 Å². The number of Topliss-reactive ketones (excluding diaryl/α,β-unsaturated/α-hetero) is 1. The van der Waals surface area contributed by atoms with Crippen molar-refractivity contribution in [3.63, 3.8) is 0 Å². The molecule has 1 saturated heterocycles. The van der Waals surface area contributed by atoms with Gasteiger partial charge in [-0.25, -0.2) is 4.98 Å². The number of hydrogen-bond donors (Lipinski definition) is 3. The standard InChI is InChI=1S/C24H28N4O4/c1-17(30)23(21(31)16-29)26-24(32)20-8-5-18(6-9-20)3-4-19-7-10-22(25-15-19)28-13-11-27(2)12-14-28/h5-10,15,17,23,29-30H,11-14,16H2,1-2H3,(H,26,32)/t17-,23+/m1/s1. The van der Waals surface area contributed by atoms with Crippen LogP contribution in [0.5, 0.6) is 0 Å². The van der Waals surface area contributed by atoms with Crippen molar-refractivity contribution < 1.29 is 19.8 Å². The summed E-state index contributed by atoms with van der Waals surface area (Å²) in [6.45, 7) is 4.59. The molecule has 3 N–H and O–H groups in total. The second kappa shape index (κ2) is 10.9. The van der Waals surface area contributed by atoms with E-state index in [0.717, 1.165) is 43.1 Å². The molecule has 0 spiro atoms. The number of ketones is 1. The minimum Gasteiger partial charge on any atom is -0.391 e. The third-order valence-corrected chi connectivity index (χ3v) is 5.35.